The molecular weight excluding hydrogens is 845 g/mol. The maximum absolute atomic E-state index is 5.23. The standard InChI is InChI=1S/C63H44N4S/c1-62(2)49-19-7-6-16-41(49)48-35-46-45-33-39(25-24-38(45)32-44(47(46)36-50(48)62)37-14-4-3-5-15-37)55-26-27-56(68-55)40-28-29-64-57(34-40)67-53-22-12-17-42-51-20-8-10-30-65(51)61-60(58(42)53)63(61)59-43(18-13-23-54(59)67)52-21-9-11-31-66(52)63/h3-31,33-36,44,60-61H,32H2,1-2H3/q+2. The van der Waals surface area contributed by atoms with Crippen LogP contribution in [0.25, 0.3) is 65.6 Å². The number of fused-ring (bicyclic) bond motifs is 11. The van der Waals surface area contributed by atoms with E-state index in [4.69, 9.17) is 4.98 Å². The van der Waals surface area contributed by atoms with E-state index in [-0.39, 0.29) is 22.9 Å². The van der Waals surface area contributed by atoms with E-state index in [1.165, 1.54) is 116 Å². The molecule has 6 aliphatic rings. The maximum atomic E-state index is 5.23. The first-order valence-electron chi connectivity index (χ1n) is 24.1. The molecule has 6 aromatic carbocycles. The zero-order valence-corrected chi connectivity index (χ0v) is 38.5. The van der Waals surface area contributed by atoms with Crippen molar-refractivity contribution >= 4 is 28.5 Å². The van der Waals surface area contributed by atoms with Crippen LogP contribution in [0.4, 0.5) is 17.2 Å². The highest BCUT2D eigenvalue weighted by atomic mass is 32.1. The van der Waals surface area contributed by atoms with Crippen LogP contribution in [0.15, 0.2) is 201 Å². The van der Waals surface area contributed by atoms with Crippen molar-refractivity contribution in [1.29, 1.82) is 0 Å². The molecule has 4 aromatic heterocycles. The molecule has 0 N–H and O–H groups in total. The molecule has 1 fully saturated rings. The van der Waals surface area contributed by atoms with E-state index in [0.29, 0.717) is 5.92 Å². The second kappa shape index (κ2) is 13.0. The van der Waals surface area contributed by atoms with Crippen LogP contribution in [0.2, 0.25) is 0 Å². The highest BCUT2D eigenvalue weighted by Gasteiger charge is 2.87. The van der Waals surface area contributed by atoms with E-state index < -0.39 is 0 Å². The summed E-state index contributed by atoms with van der Waals surface area (Å²) in [6, 6.07) is 69.2. The smallest absolute Gasteiger partial charge is 0.271 e. The summed E-state index contributed by atoms with van der Waals surface area (Å²) >= 11 is 1.87. The second-order valence-corrected chi connectivity index (χ2v) is 21.3. The van der Waals surface area contributed by atoms with Gasteiger partial charge < -0.3 is 0 Å². The number of hydrogen-bond donors (Lipinski definition) is 0. The van der Waals surface area contributed by atoms with Gasteiger partial charge in [-0.15, -0.1) is 11.3 Å². The summed E-state index contributed by atoms with van der Waals surface area (Å²) in [5.74, 6) is 1.52. The van der Waals surface area contributed by atoms with Gasteiger partial charge in [0.05, 0.1) is 28.1 Å². The fourth-order valence-corrected chi connectivity index (χ4v) is 14.9. The molecule has 68 heavy (non-hydrogen) atoms. The van der Waals surface area contributed by atoms with Crippen molar-refractivity contribution in [3.63, 3.8) is 0 Å². The molecule has 16 rings (SSSR count). The zero-order valence-electron chi connectivity index (χ0n) is 37.7. The van der Waals surface area contributed by atoms with Gasteiger partial charge in [-0.25, -0.2) is 4.98 Å². The van der Waals surface area contributed by atoms with Crippen LogP contribution in [-0.4, -0.2) is 4.98 Å². The molecule has 1 spiro atoms. The molecule has 0 bridgehead atoms. The number of rotatable bonds is 4. The molecule has 10 aromatic rings. The van der Waals surface area contributed by atoms with Crippen molar-refractivity contribution in [1.82, 2.24) is 4.98 Å². The summed E-state index contributed by atoms with van der Waals surface area (Å²) < 4.78 is 5.16. The predicted octanol–water partition coefficient (Wildman–Crippen LogP) is 14.2. The molecule has 4 unspecified atom stereocenters. The fraction of sp³-hybridized carbons (Fsp3) is 0.127. The number of thiophene rings is 1. The van der Waals surface area contributed by atoms with Crippen LogP contribution in [0.3, 0.4) is 0 Å². The van der Waals surface area contributed by atoms with Crippen molar-refractivity contribution in [3.05, 3.63) is 240 Å². The monoisotopic (exact) mass is 888 g/mol. The lowest BCUT2D eigenvalue weighted by molar-refractivity contribution is -0.772. The van der Waals surface area contributed by atoms with Crippen molar-refractivity contribution in [2.24, 2.45) is 0 Å². The van der Waals surface area contributed by atoms with Crippen LogP contribution in [0, 0.1) is 0 Å². The van der Waals surface area contributed by atoms with Crippen LogP contribution in [0.1, 0.15) is 70.7 Å². The van der Waals surface area contributed by atoms with E-state index in [1.54, 1.807) is 0 Å². The lowest BCUT2D eigenvalue weighted by Crippen LogP contribution is -2.51. The van der Waals surface area contributed by atoms with E-state index >= 15 is 0 Å². The van der Waals surface area contributed by atoms with Gasteiger partial charge >= 0.3 is 0 Å². The van der Waals surface area contributed by atoms with Crippen molar-refractivity contribution in [2.75, 3.05) is 4.90 Å². The number of aromatic nitrogens is 3. The minimum Gasteiger partial charge on any atom is -0.294 e. The number of hydrogen-bond acceptors (Lipinski definition) is 3. The molecule has 3 aliphatic carbocycles. The molecule has 320 valence electrons. The summed E-state index contributed by atoms with van der Waals surface area (Å²) in [5, 5.41) is 0. The first-order chi connectivity index (χ1) is 33.5. The zero-order chi connectivity index (χ0) is 44.6. The van der Waals surface area contributed by atoms with Crippen molar-refractivity contribution in [3.8, 4) is 65.6 Å². The predicted molar refractivity (Wildman–Crippen MR) is 273 cm³/mol. The number of pyridine rings is 3. The van der Waals surface area contributed by atoms with Crippen LogP contribution in [-0.2, 0) is 17.4 Å². The Morgan fingerprint density at radius 2 is 1.32 bits per heavy atom. The maximum Gasteiger partial charge on any atom is 0.271 e. The van der Waals surface area contributed by atoms with Gasteiger partial charge in [0.15, 0.2) is 12.4 Å². The molecule has 4 nitrogen and oxygen atoms in total. The molecule has 0 radical (unpaired) electrons. The highest BCUT2D eigenvalue weighted by molar-refractivity contribution is 7.18. The van der Waals surface area contributed by atoms with Gasteiger partial charge in [0.2, 0.25) is 17.4 Å². The van der Waals surface area contributed by atoms with Gasteiger partial charge in [0.25, 0.3) is 5.54 Å². The van der Waals surface area contributed by atoms with E-state index in [9.17, 15) is 0 Å². The third kappa shape index (κ3) is 4.63. The van der Waals surface area contributed by atoms with Gasteiger partial charge in [0.1, 0.15) is 11.7 Å². The second-order valence-electron chi connectivity index (χ2n) is 20.2. The van der Waals surface area contributed by atoms with Crippen molar-refractivity contribution in [2.45, 2.75) is 49.1 Å². The Labute approximate surface area is 399 Å². The Bertz CT molecular complexity index is 3850. The molecule has 1 saturated carbocycles. The fourth-order valence-electron chi connectivity index (χ4n) is 13.9. The average Bonchev–Trinajstić information content (AvgIpc) is 3.58. The molecular formula is C63H44N4S+2. The quantitative estimate of drug-likeness (QED) is 0.164. The minimum atomic E-state index is -0.237. The normalized spacial score (nSPS) is 20.4. The Kier molecular flexibility index (Phi) is 7.16. The van der Waals surface area contributed by atoms with E-state index in [1.807, 2.05) is 17.5 Å². The Hall–Kier alpha value is -7.73. The molecule has 4 atom stereocenters. The summed E-state index contributed by atoms with van der Waals surface area (Å²) in [6.45, 7) is 4.80. The summed E-state index contributed by atoms with van der Waals surface area (Å²) in [5.41, 5.74) is 25.2. The summed E-state index contributed by atoms with van der Waals surface area (Å²) in [4.78, 5) is 10.2. The Balaban J connectivity index is 0.820. The Morgan fingerprint density at radius 3 is 2.21 bits per heavy atom. The highest BCUT2D eigenvalue weighted by Crippen LogP contribution is 2.75. The largest absolute Gasteiger partial charge is 0.294 e. The molecule has 0 amide bonds. The van der Waals surface area contributed by atoms with Gasteiger partial charge in [0, 0.05) is 57.1 Å². The SMILES string of the molecule is CC1(C)c2ccccc2-c2cc3c(cc21)C(c1ccccc1)Cc1ccc(-c2ccc(-c4ccnc(N5c6cccc7c6C6C([n+]8ccccc8-7)C67c6c(cccc65)-c5cccc[n+]57)c4)s2)cc1-3. The first-order valence-corrected chi connectivity index (χ1v) is 24.9. The molecule has 3 aliphatic heterocycles. The number of anilines is 3. The first kappa shape index (κ1) is 37.4. The van der Waals surface area contributed by atoms with Gasteiger partial charge in [-0.1, -0.05) is 98.8 Å². The van der Waals surface area contributed by atoms with Gasteiger partial charge in [-0.3, -0.25) is 4.90 Å². The van der Waals surface area contributed by atoms with Gasteiger partial charge in [-0.2, -0.15) is 9.13 Å². The number of nitrogens with zero attached hydrogens (tertiary/aromatic N) is 4. The van der Waals surface area contributed by atoms with Crippen LogP contribution >= 0.6 is 11.3 Å². The Morgan fingerprint density at radius 1 is 0.574 bits per heavy atom. The minimum absolute atomic E-state index is 0.0543. The average molecular weight is 889 g/mol. The third-order valence-corrected chi connectivity index (χ3v) is 17.9. The van der Waals surface area contributed by atoms with E-state index in [0.717, 1.165) is 12.2 Å². The van der Waals surface area contributed by atoms with Gasteiger partial charge in [-0.05, 0) is 140 Å². The van der Waals surface area contributed by atoms with E-state index in [2.05, 4.69) is 222 Å². The topological polar surface area (TPSA) is 23.9 Å². The summed E-state index contributed by atoms with van der Waals surface area (Å²) in [6.07, 6.45) is 7.62. The lowest BCUT2D eigenvalue weighted by Gasteiger charge is -2.31. The molecule has 7 heterocycles. The molecule has 0 saturated heterocycles. The number of benzene rings is 6. The van der Waals surface area contributed by atoms with Crippen LogP contribution < -0.4 is 14.0 Å². The lowest BCUT2D eigenvalue weighted by atomic mass is 9.72. The van der Waals surface area contributed by atoms with Crippen LogP contribution in [0.5, 0.6) is 0 Å². The van der Waals surface area contributed by atoms with Crippen molar-refractivity contribution < 1.29 is 9.13 Å². The molecule has 5 heteroatoms. The third-order valence-electron chi connectivity index (χ3n) is 16.8. The summed E-state index contributed by atoms with van der Waals surface area (Å²) in [7, 11) is 0.